The maximum atomic E-state index is 3.68. The van der Waals surface area contributed by atoms with Crippen LogP contribution < -0.4 is 5.32 Å². The lowest BCUT2D eigenvalue weighted by molar-refractivity contribution is 0.224. The highest BCUT2D eigenvalue weighted by atomic mass is 15.1. The number of rotatable bonds is 8. The number of hydrogen-bond acceptors (Lipinski definition) is 2. The third-order valence-electron chi connectivity index (χ3n) is 4.93. The minimum absolute atomic E-state index is 0.988. The Kier molecular flexibility index (Phi) is 7.87. The van der Waals surface area contributed by atoms with E-state index in [-0.39, 0.29) is 0 Å². The van der Waals surface area contributed by atoms with E-state index in [1.807, 2.05) is 0 Å². The molecule has 1 aliphatic carbocycles. The van der Waals surface area contributed by atoms with Gasteiger partial charge in [-0.05, 0) is 77.2 Å². The van der Waals surface area contributed by atoms with Crippen LogP contribution in [0.25, 0.3) is 0 Å². The second kappa shape index (κ2) is 9.77. The van der Waals surface area contributed by atoms with E-state index in [0.717, 1.165) is 5.92 Å². The van der Waals surface area contributed by atoms with E-state index < -0.39 is 0 Å². The van der Waals surface area contributed by atoms with Crippen molar-refractivity contribution in [1.82, 2.24) is 10.2 Å². The van der Waals surface area contributed by atoms with Crippen LogP contribution in [0, 0.1) is 5.92 Å². The van der Waals surface area contributed by atoms with Crippen LogP contribution in [-0.2, 0) is 0 Å². The molecule has 0 bridgehead atoms. The Balaban J connectivity index is 1.35. The quantitative estimate of drug-likeness (QED) is 0.672. The molecule has 1 aliphatic heterocycles. The standard InChI is InChI=1S/C17H34N2/c1-4-10-17(11-5-1)16-18-12-6-2-7-13-19-14-8-3-9-15-19/h17-18H,1-16H2. The number of unbranched alkanes of at least 4 members (excludes halogenated alkanes) is 2. The molecule has 2 fully saturated rings. The molecule has 1 N–H and O–H groups in total. The number of likely N-dealkylation sites (tertiary alicyclic amines) is 1. The largest absolute Gasteiger partial charge is 0.316 e. The van der Waals surface area contributed by atoms with Gasteiger partial charge in [-0.15, -0.1) is 0 Å². The lowest BCUT2D eigenvalue weighted by Crippen LogP contribution is -2.30. The molecule has 112 valence electrons. The van der Waals surface area contributed by atoms with Crippen LogP contribution in [0.5, 0.6) is 0 Å². The van der Waals surface area contributed by atoms with Crippen LogP contribution >= 0.6 is 0 Å². The van der Waals surface area contributed by atoms with Crippen molar-refractivity contribution in [3.63, 3.8) is 0 Å². The van der Waals surface area contributed by atoms with Crippen molar-refractivity contribution in [3.05, 3.63) is 0 Å². The summed E-state index contributed by atoms with van der Waals surface area (Å²) in [6, 6.07) is 0. The first-order valence-corrected chi connectivity index (χ1v) is 8.88. The first-order valence-electron chi connectivity index (χ1n) is 8.88. The van der Waals surface area contributed by atoms with Crippen LogP contribution in [0.1, 0.15) is 70.6 Å². The fourth-order valence-electron chi connectivity index (χ4n) is 3.64. The number of nitrogens with one attached hydrogen (secondary N) is 1. The first kappa shape index (κ1) is 15.3. The molecule has 2 heteroatoms. The van der Waals surface area contributed by atoms with Gasteiger partial charge in [0.2, 0.25) is 0 Å². The summed E-state index contributed by atoms with van der Waals surface area (Å²) in [6.07, 6.45) is 15.9. The molecule has 0 amide bonds. The van der Waals surface area contributed by atoms with E-state index in [1.165, 1.54) is 103 Å². The summed E-state index contributed by atoms with van der Waals surface area (Å²) in [4.78, 5) is 2.67. The van der Waals surface area contributed by atoms with E-state index in [0.29, 0.717) is 0 Å². The van der Waals surface area contributed by atoms with Crippen molar-refractivity contribution in [2.45, 2.75) is 70.6 Å². The minimum atomic E-state index is 0.988. The zero-order valence-corrected chi connectivity index (χ0v) is 12.8. The summed E-state index contributed by atoms with van der Waals surface area (Å²) < 4.78 is 0. The van der Waals surface area contributed by atoms with Gasteiger partial charge in [0.15, 0.2) is 0 Å². The Bertz CT molecular complexity index is 183. The van der Waals surface area contributed by atoms with Crippen molar-refractivity contribution in [3.8, 4) is 0 Å². The predicted octanol–water partition coefficient (Wildman–Crippen LogP) is 3.81. The maximum absolute atomic E-state index is 3.68. The Morgan fingerprint density at radius 3 is 2.32 bits per heavy atom. The highest BCUT2D eigenvalue weighted by Crippen LogP contribution is 2.22. The van der Waals surface area contributed by atoms with Crippen molar-refractivity contribution >= 4 is 0 Å². The summed E-state index contributed by atoms with van der Waals surface area (Å²) >= 11 is 0. The molecule has 0 radical (unpaired) electrons. The van der Waals surface area contributed by atoms with Crippen LogP contribution in [0.4, 0.5) is 0 Å². The zero-order chi connectivity index (χ0) is 13.2. The molecule has 19 heavy (non-hydrogen) atoms. The summed E-state index contributed by atoms with van der Waals surface area (Å²) in [7, 11) is 0. The summed E-state index contributed by atoms with van der Waals surface area (Å²) in [6.45, 7) is 6.60. The van der Waals surface area contributed by atoms with Gasteiger partial charge in [0.05, 0.1) is 0 Å². The van der Waals surface area contributed by atoms with Crippen molar-refractivity contribution in [1.29, 1.82) is 0 Å². The van der Waals surface area contributed by atoms with Crippen LogP contribution in [0.15, 0.2) is 0 Å². The van der Waals surface area contributed by atoms with Gasteiger partial charge in [-0.3, -0.25) is 0 Å². The Labute approximate surface area is 120 Å². The monoisotopic (exact) mass is 266 g/mol. The molecule has 2 nitrogen and oxygen atoms in total. The van der Waals surface area contributed by atoms with Crippen molar-refractivity contribution in [2.24, 2.45) is 5.92 Å². The van der Waals surface area contributed by atoms with Gasteiger partial charge < -0.3 is 10.2 Å². The van der Waals surface area contributed by atoms with Gasteiger partial charge in [-0.1, -0.05) is 32.1 Å². The van der Waals surface area contributed by atoms with Gasteiger partial charge in [-0.25, -0.2) is 0 Å². The van der Waals surface area contributed by atoms with Crippen LogP contribution in [0.3, 0.4) is 0 Å². The predicted molar refractivity (Wildman–Crippen MR) is 83.6 cm³/mol. The Hall–Kier alpha value is -0.0800. The summed E-state index contributed by atoms with van der Waals surface area (Å²) in [5.41, 5.74) is 0. The molecule has 0 aromatic carbocycles. The molecule has 0 unspecified atom stereocenters. The van der Waals surface area contributed by atoms with Gasteiger partial charge in [0, 0.05) is 0 Å². The van der Waals surface area contributed by atoms with Gasteiger partial charge >= 0.3 is 0 Å². The fourth-order valence-corrected chi connectivity index (χ4v) is 3.64. The number of piperidine rings is 1. The van der Waals surface area contributed by atoms with E-state index in [9.17, 15) is 0 Å². The summed E-state index contributed by atoms with van der Waals surface area (Å²) in [5.74, 6) is 0.988. The molecule has 0 aromatic heterocycles. The molecule has 0 spiro atoms. The number of hydrogen-bond donors (Lipinski definition) is 1. The second-order valence-electron chi connectivity index (χ2n) is 6.67. The fraction of sp³-hybridized carbons (Fsp3) is 1.00. The van der Waals surface area contributed by atoms with E-state index in [4.69, 9.17) is 0 Å². The molecular formula is C17H34N2. The minimum Gasteiger partial charge on any atom is -0.316 e. The molecule has 2 aliphatic rings. The third kappa shape index (κ3) is 6.76. The highest BCUT2D eigenvalue weighted by molar-refractivity contribution is 4.68. The first-order chi connectivity index (χ1) is 9.45. The SMILES string of the molecule is C1CCC(CNCCCCCN2CCCCC2)CC1. The molecule has 0 atom stereocenters. The lowest BCUT2D eigenvalue weighted by atomic mass is 9.89. The molecule has 1 saturated heterocycles. The van der Waals surface area contributed by atoms with Gasteiger partial charge in [0.25, 0.3) is 0 Å². The second-order valence-corrected chi connectivity index (χ2v) is 6.67. The Morgan fingerprint density at radius 2 is 1.53 bits per heavy atom. The van der Waals surface area contributed by atoms with E-state index in [2.05, 4.69) is 10.2 Å². The average Bonchev–Trinajstić information content (AvgIpc) is 2.48. The van der Waals surface area contributed by atoms with Crippen molar-refractivity contribution < 1.29 is 0 Å². The van der Waals surface area contributed by atoms with Gasteiger partial charge in [0.1, 0.15) is 0 Å². The van der Waals surface area contributed by atoms with Crippen LogP contribution in [0.2, 0.25) is 0 Å². The third-order valence-corrected chi connectivity index (χ3v) is 4.93. The highest BCUT2D eigenvalue weighted by Gasteiger charge is 2.12. The Morgan fingerprint density at radius 1 is 0.789 bits per heavy atom. The van der Waals surface area contributed by atoms with Gasteiger partial charge in [-0.2, -0.15) is 0 Å². The molecule has 0 aromatic rings. The molecular weight excluding hydrogens is 232 g/mol. The van der Waals surface area contributed by atoms with Crippen molar-refractivity contribution in [2.75, 3.05) is 32.7 Å². The average molecular weight is 266 g/mol. The molecule has 1 saturated carbocycles. The topological polar surface area (TPSA) is 15.3 Å². The molecule has 2 rings (SSSR count). The lowest BCUT2D eigenvalue weighted by Gasteiger charge is -2.26. The summed E-state index contributed by atoms with van der Waals surface area (Å²) in [5, 5.41) is 3.68. The normalized spacial score (nSPS) is 22.7. The van der Waals surface area contributed by atoms with E-state index in [1.54, 1.807) is 0 Å². The zero-order valence-electron chi connectivity index (χ0n) is 12.8. The van der Waals surface area contributed by atoms with E-state index >= 15 is 0 Å². The number of nitrogens with zero attached hydrogens (tertiary/aromatic N) is 1. The maximum Gasteiger partial charge on any atom is -0.00187 e. The molecule has 1 heterocycles. The van der Waals surface area contributed by atoms with Crippen LogP contribution in [-0.4, -0.2) is 37.6 Å². The smallest absolute Gasteiger partial charge is 0.00187 e.